The molecule has 2 aliphatic carbocycles. The second kappa shape index (κ2) is 5.97. The molecule has 24 heavy (non-hydrogen) atoms. The molecule has 1 aromatic rings. The molecule has 0 radical (unpaired) electrons. The summed E-state index contributed by atoms with van der Waals surface area (Å²) in [5.41, 5.74) is 2.10. The van der Waals surface area contributed by atoms with Crippen molar-refractivity contribution in [3.05, 3.63) is 40.3 Å². The Bertz CT molecular complexity index is 761. The summed E-state index contributed by atoms with van der Waals surface area (Å²) in [6, 6.07) is 8.06. The molecule has 0 aromatic heterocycles. The average Bonchev–Trinajstić information content (AvgIpc) is 2.60. The fourth-order valence-electron chi connectivity index (χ4n) is 4.54. The predicted octanol–water partition coefficient (Wildman–Crippen LogP) is 2.93. The van der Waals surface area contributed by atoms with Crippen molar-refractivity contribution in [2.24, 2.45) is 5.92 Å². The van der Waals surface area contributed by atoms with Crippen molar-refractivity contribution in [3.63, 3.8) is 0 Å². The Morgan fingerprint density at radius 2 is 1.88 bits per heavy atom. The highest BCUT2D eigenvalue weighted by atomic mass is 32.2. The van der Waals surface area contributed by atoms with Gasteiger partial charge in [0.25, 0.3) is 0 Å². The highest BCUT2D eigenvalue weighted by molar-refractivity contribution is 7.93. The van der Waals surface area contributed by atoms with Gasteiger partial charge in [-0.05, 0) is 68.1 Å². The van der Waals surface area contributed by atoms with Crippen LogP contribution in [0.5, 0.6) is 0 Å². The van der Waals surface area contributed by atoms with Gasteiger partial charge in [-0.1, -0.05) is 24.3 Å². The molecular formula is C19H25NO3S. The maximum atomic E-state index is 13.2. The molecule has 0 amide bonds. The zero-order chi connectivity index (χ0) is 16.8. The van der Waals surface area contributed by atoms with E-state index in [1.807, 2.05) is 24.3 Å². The maximum Gasteiger partial charge on any atom is 0.239 e. The van der Waals surface area contributed by atoms with Crippen molar-refractivity contribution in [1.82, 2.24) is 4.31 Å². The number of hydrogen-bond donors (Lipinski definition) is 1. The number of aliphatic hydroxyl groups is 1. The smallest absolute Gasteiger partial charge is 0.239 e. The second-order valence-corrected chi connectivity index (χ2v) is 9.40. The largest absolute Gasteiger partial charge is 0.396 e. The maximum absolute atomic E-state index is 13.2. The number of allylic oxidation sites excluding steroid dienone is 1. The van der Waals surface area contributed by atoms with E-state index < -0.39 is 10.0 Å². The molecule has 1 heterocycles. The Kier molecular flexibility index (Phi) is 4.06. The van der Waals surface area contributed by atoms with E-state index in [1.165, 1.54) is 5.56 Å². The van der Waals surface area contributed by atoms with E-state index in [0.717, 1.165) is 44.1 Å². The van der Waals surface area contributed by atoms with Crippen molar-refractivity contribution in [2.75, 3.05) is 13.2 Å². The van der Waals surface area contributed by atoms with Gasteiger partial charge in [0, 0.05) is 18.7 Å². The highest BCUT2D eigenvalue weighted by Gasteiger charge is 2.52. The standard InChI is InChI=1S/C19H25NO3S/c21-14-15-7-9-19(10-8-15)11-12-20(19)24(22,23)18-6-5-16-3-1-2-4-17(16)13-18/h1-4,13,15,21H,5-12,14H2. The molecule has 0 atom stereocenters. The van der Waals surface area contributed by atoms with Gasteiger partial charge >= 0.3 is 0 Å². The first-order chi connectivity index (χ1) is 11.5. The van der Waals surface area contributed by atoms with Crippen molar-refractivity contribution >= 4 is 16.1 Å². The van der Waals surface area contributed by atoms with Gasteiger partial charge in [0.05, 0.1) is 4.91 Å². The molecule has 4 nitrogen and oxygen atoms in total. The number of aryl methyl sites for hydroxylation is 1. The third-order valence-corrected chi connectivity index (χ3v) is 8.37. The third-order valence-electron chi connectivity index (χ3n) is 6.24. The molecule has 1 aromatic carbocycles. The monoisotopic (exact) mass is 347 g/mol. The van der Waals surface area contributed by atoms with E-state index in [0.29, 0.717) is 23.8 Å². The second-order valence-electron chi connectivity index (χ2n) is 7.49. The van der Waals surface area contributed by atoms with Crippen LogP contribution in [-0.4, -0.2) is 36.5 Å². The van der Waals surface area contributed by atoms with Gasteiger partial charge in [-0.15, -0.1) is 0 Å². The lowest BCUT2D eigenvalue weighted by Crippen LogP contribution is -2.63. The van der Waals surface area contributed by atoms with Crippen LogP contribution in [0.3, 0.4) is 0 Å². The zero-order valence-electron chi connectivity index (χ0n) is 13.9. The van der Waals surface area contributed by atoms with E-state index in [2.05, 4.69) is 6.07 Å². The highest BCUT2D eigenvalue weighted by Crippen LogP contribution is 2.48. The van der Waals surface area contributed by atoms with Crippen LogP contribution in [0.1, 0.15) is 49.7 Å². The van der Waals surface area contributed by atoms with Crippen molar-refractivity contribution in [3.8, 4) is 0 Å². The third kappa shape index (κ3) is 2.54. The fraction of sp³-hybridized carbons (Fsp3) is 0.579. The molecule has 1 saturated carbocycles. The Hall–Kier alpha value is -1.17. The molecule has 4 rings (SSSR count). The van der Waals surface area contributed by atoms with Crippen LogP contribution in [0.15, 0.2) is 29.2 Å². The molecule has 130 valence electrons. The van der Waals surface area contributed by atoms with Gasteiger partial charge in [-0.3, -0.25) is 0 Å². The van der Waals surface area contributed by atoms with Gasteiger partial charge in [-0.2, -0.15) is 4.31 Å². The lowest BCUT2D eigenvalue weighted by atomic mass is 9.71. The number of rotatable bonds is 3. The molecule has 1 N–H and O–H groups in total. The SMILES string of the molecule is O=S(=O)(C1=Cc2ccccc2CC1)N1CCC12CCC(CO)CC2. The zero-order valence-corrected chi connectivity index (χ0v) is 14.8. The Labute approximate surface area is 144 Å². The van der Waals surface area contributed by atoms with E-state index in [9.17, 15) is 13.5 Å². The first-order valence-corrected chi connectivity index (χ1v) is 10.4. The topological polar surface area (TPSA) is 57.6 Å². The Morgan fingerprint density at radius 1 is 1.12 bits per heavy atom. The number of benzene rings is 1. The number of nitrogens with zero attached hydrogens (tertiary/aromatic N) is 1. The fourth-order valence-corrected chi connectivity index (χ4v) is 6.58. The van der Waals surface area contributed by atoms with Crippen molar-refractivity contribution in [1.29, 1.82) is 0 Å². The molecular weight excluding hydrogens is 322 g/mol. The van der Waals surface area contributed by atoms with Gasteiger partial charge < -0.3 is 5.11 Å². The lowest BCUT2D eigenvalue weighted by Gasteiger charge is -2.55. The minimum Gasteiger partial charge on any atom is -0.396 e. The summed E-state index contributed by atoms with van der Waals surface area (Å²) >= 11 is 0. The predicted molar refractivity (Wildman–Crippen MR) is 94.8 cm³/mol. The number of sulfonamides is 1. The normalized spacial score (nSPS) is 30.5. The lowest BCUT2D eigenvalue weighted by molar-refractivity contribution is 0.0103. The van der Waals surface area contributed by atoms with Crippen LogP contribution < -0.4 is 0 Å². The summed E-state index contributed by atoms with van der Waals surface area (Å²) < 4.78 is 28.2. The number of fused-ring (bicyclic) bond motifs is 1. The van der Waals surface area contributed by atoms with Gasteiger partial charge in [0.1, 0.15) is 0 Å². The van der Waals surface area contributed by atoms with E-state index >= 15 is 0 Å². The summed E-state index contributed by atoms with van der Waals surface area (Å²) in [5.74, 6) is 0.349. The molecule has 2 fully saturated rings. The van der Waals surface area contributed by atoms with Crippen LogP contribution in [0.25, 0.3) is 6.08 Å². The molecule has 1 aliphatic heterocycles. The average molecular weight is 347 g/mol. The van der Waals surface area contributed by atoms with Gasteiger partial charge in [0.2, 0.25) is 10.0 Å². The molecule has 0 unspecified atom stereocenters. The van der Waals surface area contributed by atoms with E-state index in [4.69, 9.17) is 0 Å². The molecule has 5 heteroatoms. The molecule has 0 bridgehead atoms. The van der Waals surface area contributed by atoms with E-state index in [-0.39, 0.29) is 12.1 Å². The Morgan fingerprint density at radius 3 is 2.54 bits per heavy atom. The summed E-state index contributed by atoms with van der Waals surface area (Å²) in [6.07, 6.45) is 7.89. The van der Waals surface area contributed by atoms with Crippen LogP contribution in [0.2, 0.25) is 0 Å². The first kappa shape index (κ1) is 16.3. The number of hydrogen-bond acceptors (Lipinski definition) is 3. The van der Waals surface area contributed by atoms with Crippen LogP contribution >= 0.6 is 0 Å². The summed E-state index contributed by atoms with van der Waals surface area (Å²) in [7, 11) is -3.37. The number of aliphatic hydroxyl groups excluding tert-OH is 1. The molecule has 1 spiro atoms. The van der Waals surface area contributed by atoms with Gasteiger partial charge in [0.15, 0.2) is 0 Å². The minimum absolute atomic E-state index is 0.178. The van der Waals surface area contributed by atoms with Crippen molar-refractivity contribution < 1.29 is 13.5 Å². The summed E-state index contributed by atoms with van der Waals surface area (Å²) in [5, 5.41) is 9.33. The van der Waals surface area contributed by atoms with Crippen LogP contribution in [-0.2, 0) is 16.4 Å². The summed E-state index contributed by atoms with van der Waals surface area (Å²) in [4.78, 5) is 0.574. The van der Waals surface area contributed by atoms with Crippen LogP contribution in [0, 0.1) is 5.92 Å². The van der Waals surface area contributed by atoms with E-state index in [1.54, 1.807) is 4.31 Å². The Balaban J connectivity index is 1.59. The summed E-state index contributed by atoms with van der Waals surface area (Å²) in [6.45, 7) is 0.871. The molecule has 3 aliphatic rings. The van der Waals surface area contributed by atoms with Crippen molar-refractivity contribution in [2.45, 2.75) is 50.5 Å². The first-order valence-electron chi connectivity index (χ1n) is 8.97. The van der Waals surface area contributed by atoms with Crippen LogP contribution in [0.4, 0.5) is 0 Å². The van der Waals surface area contributed by atoms with Gasteiger partial charge in [-0.25, -0.2) is 8.42 Å². The quantitative estimate of drug-likeness (QED) is 0.915. The minimum atomic E-state index is -3.37. The molecule has 1 saturated heterocycles.